The van der Waals surface area contributed by atoms with Gasteiger partial charge in [0.25, 0.3) is 0 Å². The van der Waals surface area contributed by atoms with Gasteiger partial charge < -0.3 is 15.1 Å². The van der Waals surface area contributed by atoms with E-state index in [1.54, 1.807) is 24.3 Å². The number of para-hydroxylation sites is 1. The minimum absolute atomic E-state index is 0.0805. The minimum atomic E-state index is -0.0805. The Kier molecular flexibility index (Phi) is 4.63. The molecule has 0 spiro atoms. The van der Waals surface area contributed by atoms with Crippen molar-refractivity contribution >= 4 is 39.9 Å². The summed E-state index contributed by atoms with van der Waals surface area (Å²) in [6.07, 6.45) is 1.82. The molecule has 2 heterocycles. The van der Waals surface area contributed by atoms with Crippen LogP contribution in [0.3, 0.4) is 0 Å². The first-order valence-electron chi connectivity index (χ1n) is 8.61. The highest BCUT2D eigenvalue weighted by Gasteiger charge is 2.22. The van der Waals surface area contributed by atoms with E-state index in [-0.39, 0.29) is 6.03 Å². The Balaban J connectivity index is 1.42. The van der Waals surface area contributed by atoms with Crippen LogP contribution in [0, 0.1) is 0 Å². The van der Waals surface area contributed by atoms with E-state index in [0.29, 0.717) is 18.1 Å². The second-order valence-corrected chi connectivity index (χ2v) is 6.70. The van der Waals surface area contributed by atoms with Crippen LogP contribution in [0.2, 0.25) is 5.02 Å². The van der Waals surface area contributed by atoms with Crippen LogP contribution in [0.25, 0.3) is 10.9 Å². The SMILES string of the molecule is O=C(Nc1ccc(Cl)cc1)N1CCN(c2cccc3cccnc23)CC1. The largest absolute Gasteiger partial charge is 0.366 e. The molecule has 0 radical (unpaired) electrons. The number of rotatable bonds is 2. The van der Waals surface area contributed by atoms with Gasteiger partial charge in [0.2, 0.25) is 0 Å². The minimum Gasteiger partial charge on any atom is -0.366 e. The maximum absolute atomic E-state index is 12.5. The summed E-state index contributed by atoms with van der Waals surface area (Å²) in [6, 6.07) is 17.3. The number of pyridine rings is 1. The summed E-state index contributed by atoms with van der Waals surface area (Å²) in [6.45, 7) is 2.90. The second kappa shape index (κ2) is 7.22. The molecule has 0 unspecified atom stereocenters. The summed E-state index contributed by atoms with van der Waals surface area (Å²) in [5.74, 6) is 0. The van der Waals surface area contributed by atoms with Crippen LogP contribution >= 0.6 is 11.6 Å². The quantitative estimate of drug-likeness (QED) is 0.737. The third-order valence-electron chi connectivity index (χ3n) is 4.61. The number of carbonyl (C=O) groups is 1. The second-order valence-electron chi connectivity index (χ2n) is 6.26. The van der Waals surface area contributed by atoms with E-state index in [0.717, 1.165) is 35.4 Å². The van der Waals surface area contributed by atoms with Gasteiger partial charge in [-0.05, 0) is 36.4 Å². The standard InChI is InChI=1S/C20H19ClN4O/c21-16-6-8-17(9-7-16)23-20(26)25-13-11-24(12-14-25)18-5-1-3-15-4-2-10-22-19(15)18/h1-10H,11-14H2,(H,23,26). The number of hydrogen-bond acceptors (Lipinski definition) is 3. The molecule has 1 N–H and O–H groups in total. The van der Waals surface area contributed by atoms with Gasteiger partial charge in [0.05, 0.1) is 11.2 Å². The Bertz CT molecular complexity index is 915. The Labute approximate surface area is 157 Å². The third kappa shape index (κ3) is 3.44. The molecule has 0 saturated carbocycles. The topological polar surface area (TPSA) is 48.5 Å². The van der Waals surface area contributed by atoms with Crippen molar-refractivity contribution in [1.29, 1.82) is 0 Å². The van der Waals surface area contributed by atoms with Gasteiger partial charge in [-0.15, -0.1) is 0 Å². The highest BCUT2D eigenvalue weighted by molar-refractivity contribution is 6.30. The summed E-state index contributed by atoms with van der Waals surface area (Å²) in [5.41, 5.74) is 2.88. The highest BCUT2D eigenvalue weighted by Crippen LogP contribution is 2.25. The molecule has 0 aliphatic carbocycles. The van der Waals surface area contributed by atoms with Crippen molar-refractivity contribution in [2.45, 2.75) is 0 Å². The van der Waals surface area contributed by atoms with Gasteiger partial charge in [0, 0.05) is 48.5 Å². The first-order valence-corrected chi connectivity index (χ1v) is 8.99. The van der Waals surface area contributed by atoms with Gasteiger partial charge in [-0.1, -0.05) is 29.8 Å². The molecule has 1 aliphatic rings. The number of hydrogen-bond donors (Lipinski definition) is 1. The molecule has 0 atom stereocenters. The lowest BCUT2D eigenvalue weighted by Crippen LogP contribution is -2.50. The molecule has 26 heavy (non-hydrogen) atoms. The molecule has 3 aromatic rings. The van der Waals surface area contributed by atoms with Crippen LogP contribution in [0.15, 0.2) is 60.8 Å². The number of piperazine rings is 1. The number of nitrogens with one attached hydrogen (secondary N) is 1. The van der Waals surface area contributed by atoms with E-state index in [4.69, 9.17) is 11.6 Å². The van der Waals surface area contributed by atoms with Crippen LogP contribution in [0.5, 0.6) is 0 Å². The average molecular weight is 367 g/mol. The number of amides is 2. The smallest absolute Gasteiger partial charge is 0.321 e. The van der Waals surface area contributed by atoms with Gasteiger partial charge in [0.1, 0.15) is 0 Å². The Morgan fingerprint density at radius 3 is 2.46 bits per heavy atom. The van der Waals surface area contributed by atoms with E-state index in [1.165, 1.54) is 0 Å². The van der Waals surface area contributed by atoms with Crippen molar-refractivity contribution in [3.05, 3.63) is 65.8 Å². The summed E-state index contributed by atoms with van der Waals surface area (Å²) < 4.78 is 0. The number of aromatic nitrogens is 1. The fourth-order valence-corrected chi connectivity index (χ4v) is 3.36. The number of fused-ring (bicyclic) bond motifs is 1. The van der Waals surface area contributed by atoms with Gasteiger partial charge in [0.15, 0.2) is 0 Å². The molecule has 1 fully saturated rings. The maximum Gasteiger partial charge on any atom is 0.321 e. The molecule has 0 bridgehead atoms. The van der Waals surface area contributed by atoms with Crippen molar-refractivity contribution in [1.82, 2.24) is 9.88 Å². The lowest BCUT2D eigenvalue weighted by Gasteiger charge is -2.36. The number of halogens is 1. The molecular weight excluding hydrogens is 348 g/mol. The van der Waals surface area contributed by atoms with Crippen LogP contribution in [-0.2, 0) is 0 Å². The van der Waals surface area contributed by atoms with Crippen LogP contribution in [0.4, 0.5) is 16.2 Å². The number of benzene rings is 2. The van der Waals surface area contributed by atoms with E-state index >= 15 is 0 Å². The zero-order valence-electron chi connectivity index (χ0n) is 14.2. The average Bonchev–Trinajstić information content (AvgIpc) is 2.69. The first-order chi connectivity index (χ1) is 12.7. The molecule has 4 rings (SSSR count). The lowest BCUT2D eigenvalue weighted by atomic mass is 10.1. The van der Waals surface area contributed by atoms with E-state index in [2.05, 4.69) is 39.5 Å². The Morgan fingerprint density at radius 2 is 1.69 bits per heavy atom. The van der Waals surface area contributed by atoms with Crippen molar-refractivity contribution in [3.63, 3.8) is 0 Å². The van der Waals surface area contributed by atoms with Crippen molar-refractivity contribution < 1.29 is 4.79 Å². The van der Waals surface area contributed by atoms with Crippen molar-refractivity contribution in [2.24, 2.45) is 0 Å². The van der Waals surface area contributed by atoms with Gasteiger partial charge in [-0.2, -0.15) is 0 Å². The van der Waals surface area contributed by atoms with E-state index < -0.39 is 0 Å². The van der Waals surface area contributed by atoms with Crippen LogP contribution in [0.1, 0.15) is 0 Å². The van der Waals surface area contributed by atoms with Crippen LogP contribution in [-0.4, -0.2) is 42.1 Å². The van der Waals surface area contributed by atoms with Gasteiger partial charge >= 0.3 is 6.03 Å². The molecule has 1 saturated heterocycles. The predicted molar refractivity (Wildman–Crippen MR) is 106 cm³/mol. The molecule has 1 aliphatic heterocycles. The van der Waals surface area contributed by atoms with Crippen molar-refractivity contribution in [2.75, 3.05) is 36.4 Å². The normalized spacial score (nSPS) is 14.5. The summed E-state index contributed by atoms with van der Waals surface area (Å²) in [5, 5.41) is 4.71. The Hall–Kier alpha value is -2.79. The Morgan fingerprint density at radius 1 is 0.962 bits per heavy atom. The molecule has 5 nitrogen and oxygen atoms in total. The zero-order chi connectivity index (χ0) is 17.9. The fraction of sp³-hybridized carbons (Fsp3) is 0.200. The summed E-state index contributed by atoms with van der Waals surface area (Å²) in [4.78, 5) is 21.1. The monoisotopic (exact) mass is 366 g/mol. The predicted octanol–water partition coefficient (Wildman–Crippen LogP) is 4.24. The van der Waals surface area contributed by atoms with E-state index in [1.807, 2.05) is 17.2 Å². The van der Waals surface area contributed by atoms with E-state index in [9.17, 15) is 4.79 Å². The van der Waals surface area contributed by atoms with Gasteiger partial charge in [-0.25, -0.2) is 4.79 Å². The number of urea groups is 1. The van der Waals surface area contributed by atoms with Crippen LogP contribution < -0.4 is 10.2 Å². The molecule has 6 heteroatoms. The fourth-order valence-electron chi connectivity index (χ4n) is 3.23. The zero-order valence-corrected chi connectivity index (χ0v) is 15.0. The number of anilines is 2. The van der Waals surface area contributed by atoms with Crippen molar-refractivity contribution in [3.8, 4) is 0 Å². The highest BCUT2D eigenvalue weighted by atomic mass is 35.5. The maximum atomic E-state index is 12.5. The third-order valence-corrected chi connectivity index (χ3v) is 4.87. The molecule has 2 aromatic carbocycles. The summed E-state index contributed by atoms with van der Waals surface area (Å²) >= 11 is 5.88. The first kappa shape index (κ1) is 16.7. The number of nitrogens with zero attached hydrogens (tertiary/aromatic N) is 3. The van der Waals surface area contributed by atoms with Gasteiger partial charge in [-0.3, -0.25) is 4.98 Å². The molecular formula is C20H19ClN4O. The summed E-state index contributed by atoms with van der Waals surface area (Å²) in [7, 11) is 0. The lowest BCUT2D eigenvalue weighted by molar-refractivity contribution is 0.208. The molecule has 2 amide bonds. The molecule has 1 aromatic heterocycles. The molecule has 132 valence electrons. The number of carbonyl (C=O) groups excluding carboxylic acids is 1.